The van der Waals surface area contributed by atoms with Crippen molar-refractivity contribution >= 4 is 21.6 Å². The lowest BCUT2D eigenvalue weighted by molar-refractivity contribution is 0.0983. The smallest absolute Gasteiger partial charge is 0.258 e. The molecule has 0 bridgehead atoms. The first-order valence-corrected chi connectivity index (χ1v) is 11.2. The van der Waals surface area contributed by atoms with Gasteiger partial charge in [0.05, 0.1) is 12.8 Å². The Balaban J connectivity index is 2.08. The molecule has 0 aromatic heterocycles. The first-order valence-electron chi connectivity index (χ1n) is 9.72. The Kier molecular flexibility index (Phi) is 6.42. The zero-order chi connectivity index (χ0) is 22.1. The van der Waals surface area contributed by atoms with Crippen LogP contribution in [-0.2, 0) is 16.4 Å². The maximum Gasteiger partial charge on any atom is 0.258 e. The first kappa shape index (κ1) is 22.2. The Hall–Kier alpha value is -2.52. The molecule has 0 saturated heterocycles. The molecule has 1 aliphatic rings. The number of aryl methyl sites for hydroxylation is 1. The van der Waals surface area contributed by atoms with E-state index in [1.807, 2.05) is 0 Å². The topological polar surface area (TPSA) is 66.9 Å². The molecule has 0 saturated carbocycles. The molecular weight excluding hydrogens is 414 g/mol. The van der Waals surface area contributed by atoms with Crippen LogP contribution in [0.25, 0.3) is 0 Å². The summed E-state index contributed by atoms with van der Waals surface area (Å²) in [6.45, 7) is 4.20. The van der Waals surface area contributed by atoms with Gasteiger partial charge in [0.25, 0.3) is 5.91 Å². The molecule has 0 spiro atoms. The Morgan fingerprint density at radius 2 is 1.87 bits per heavy atom. The van der Waals surface area contributed by atoms with Gasteiger partial charge in [0, 0.05) is 31.3 Å². The number of amides is 1. The van der Waals surface area contributed by atoms with Gasteiger partial charge in [0.15, 0.2) is 0 Å². The highest BCUT2D eigenvalue weighted by Gasteiger charge is 2.30. The van der Waals surface area contributed by atoms with E-state index >= 15 is 0 Å². The van der Waals surface area contributed by atoms with E-state index in [4.69, 9.17) is 4.74 Å². The van der Waals surface area contributed by atoms with Gasteiger partial charge in [-0.05, 0) is 42.7 Å². The fourth-order valence-electron chi connectivity index (χ4n) is 3.72. The number of methoxy groups -OCH3 is 1. The van der Waals surface area contributed by atoms with Crippen molar-refractivity contribution in [2.45, 2.75) is 31.6 Å². The first-order chi connectivity index (χ1) is 14.2. The molecular formula is C21H24F2N2O4S. The van der Waals surface area contributed by atoms with Gasteiger partial charge in [-0.2, -0.15) is 4.31 Å². The van der Waals surface area contributed by atoms with Crippen LogP contribution < -0.4 is 9.64 Å². The molecule has 2 aromatic carbocycles. The molecule has 1 amide bonds. The molecule has 1 aliphatic heterocycles. The summed E-state index contributed by atoms with van der Waals surface area (Å²) in [5, 5.41) is 0. The van der Waals surface area contributed by atoms with Crippen molar-refractivity contribution in [2.24, 2.45) is 0 Å². The number of carbonyl (C=O) groups excluding carboxylic acids is 1. The van der Waals surface area contributed by atoms with Gasteiger partial charge >= 0.3 is 0 Å². The quantitative estimate of drug-likeness (QED) is 0.691. The Morgan fingerprint density at radius 3 is 2.50 bits per heavy atom. The minimum absolute atomic E-state index is 0.0385. The molecule has 6 nitrogen and oxygen atoms in total. The van der Waals surface area contributed by atoms with Gasteiger partial charge in [-0.25, -0.2) is 17.2 Å². The molecule has 0 atom stereocenters. The summed E-state index contributed by atoms with van der Waals surface area (Å²) in [7, 11) is -2.54. The van der Waals surface area contributed by atoms with E-state index in [2.05, 4.69) is 0 Å². The second kappa shape index (κ2) is 8.69. The van der Waals surface area contributed by atoms with Crippen LogP contribution in [-0.4, -0.2) is 45.4 Å². The van der Waals surface area contributed by atoms with E-state index in [0.717, 1.165) is 6.07 Å². The second-order valence-electron chi connectivity index (χ2n) is 6.91. The van der Waals surface area contributed by atoms with Crippen LogP contribution >= 0.6 is 0 Å². The van der Waals surface area contributed by atoms with Crippen molar-refractivity contribution in [1.82, 2.24) is 4.31 Å². The van der Waals surface area contributed by atoms with Gasteiger partial charge < -0.3 is 9.64 Å². The highest BCUT2D eigenvalue weighted by molar-refractivity contribution is 7.89. The summed E-state index contributed by atoms with van der Waals surface area (Å²) >= 11 is 0. The summed E-state index contributed by atoms with van der Waals surface area (Å²) in [5.74, 6) is -1.95. The fourth-order valence-corrected chi connectivity index (χ4v) is 5.36. The maximum atomic E-state index is 14.5. The lowest BCUT2D eigenvalue weighted by Gasteiger charge is -2.30. The zero-order valence-electron chi connectivity index (χ0n) is 17.1. The van der Waals surface area contributed by atoms with E-state index in [-0.39, 0.29) is 41.5 Å². The fraction of sp³-hybridized carbons (Fsp3) is 0.381. The lowest BCUT2D eigenvalue weighted by atomic mass is 10.00. The molecule has 2 aromatic rings. The van der Waals surface area contributed by atoms with Gasteiger partial charge in [-0.15, -0.1) is 0 Å². The molecule has 0 unspecified atom stereocenters. The predicted octanol–water partition coefficient (Wildman–Crippen LogP) is 3.60. The molecule has 0 N–H and O–H groups in total. The van der Waals surface area contributed by atoms with Crippen LogP contribution in [0, 0.1) is 11.6 Å². The number of benzene rings is 2. The number of halogens is 2. The highest BCUT2D eigenvalue weighted by atomic mass is 32.2. The number of carbonyl (C=O) groups is 1. The monoisotopic (exact) mass is 438 g/mol. The molecule has 1 heterocycles. The highest BCUT2D eigenvalue weighted by Crippen LogP contribution is 2.34. The van der Waals surface area contributed by atoms with Crippen molar-refractivity contribution in [3.05, 3.63) is 53.1 Å². The SMILES string of the molecule is CCN(CC)S(=O)(=O)c1cc(C(=O)N2CCCc3cc(F)cc(F)c32)ccc1OC. The minimum Gasteiger partial charge on any atom is -0.495 e. The number of hydrogen-bond acceptors (Lipinski definition) is 4. The lowest BCUT2D eigenvalue weighted by Crippen LogP contribution is -2.36. The predicted molar refractivity (Wildman–Crippen MR) is 109 cm³/mol. The molecule has 30 heavy (non-hydrogen) atoms. The normalized spacial score (nSPS) is 14.0. The van der Waals surface area contributed by atoms with Crippen molar-refractivity contribution in [3.8, 4) is 5.75 Å². The molecule has 3 rings (SSSR count). The molecule has 9 heteroatoms. The van der Waals surface area contributed by atoms with Crippen LogP contribution in [0.3, 0.4) is 0 Å². The number of fused-ring (bicyclic) bond motifs is 1. The minimum atomic E-state index is -3.89. The van der Waals surface area contributed by atoms with Crippen LogP contribution in [0.15, 0.2) is 35.2 Å². The Bertz CT molecular complexity index is 1070. The summed E-state index contributed by atoms with van der Waals surface area (Å²) in [5.41, 5.74) is 0.534. The third kappa shape index (κ3) is 3.91. The van der Waals surface area contributed by atoms with Crippen molar-refractivity contribution < 1.29 is 26.7 Å². The number of ether oxygens (including phenoxy) is 1. The van der Waals surface area contributed by atoms with E-state index in [9.17, 15) is 22.0 Å². The number of hydrogen-bond donors (Lipinski definition) is 0. The largest absolute Gasteiger partial charge is 0.495 e. The van der Waals surface area contributed by atoms with Crippen LogP contribution in [0.1, 0.15) is 36.2 Å². The van der Waals surface area contributed by atoms with Crippen molar-refractivity contribution in [1.29, 1.82) is 0 Å². The van der Waals surface area contributed by atoms with Gasteiger partial charge in [0.2, 0.25) is 10.0 Å². The van der Waals surface area contributed by atoms with E-state index in [1.165, 1.54) is 40.6 Å². The van der Waals surface area contributed by atoms with E-state index < -0.39 is 27.6 Å². The Morgan fingerprint density at radius 1 is 1.17 bits per heavy atom. The maximum absolute atomic E-state index is 14.5. The second-order valence-corrected chi connectivity index (χ2v) is 8.82. The number of anilines is 1. The summed E-state index contributed by atoms with van der Waals surface area (Å²) in [6, 6.07) is 6.08. The number of nitrogens with zero attached hydrogens (tertiary/aromatic N) is 2. The third-order valence-corrected chi connectivity index (χ3v) is 7.25. The van der Waals surface area contributed by atoms with E-state index in [0.29, 0.717) is 18.4 Å². The molecule has 162 valence electrons. The third-order valence-electron chi connectivity index (χ3n) is 5.18. The average Bonchev–Trinajstić information content (AvgIpc) is 2.72. The number of sulfonamides is 1. The van der Waals surface area contributed by atoms with Crippen molar-refractivity contribution in [3.63, 3.8) is 0 Å². The molecule has 0 radical (unpaired) electrons. The Labute approximate surface area is 175 Å². The van der Waals surface area contributed by atoms with Crippen LogP contribution in [0.4, 0.5) is 14.5 Å². The molecule has 0 fully saturated rings. The summed E-state index contributed by atoms with van der Waals surface area (Å²) in [4.78, 5) is 14.3. The zero-order valence-corrected chi connectivity index (χ0v) is 17.9. The van der Waals surface area contributed by atoms with Crippen molar-refractivity contribution in [2.75, 3.05) is 31.6 Å². The van der Waals surface area contributed by atoms with Gasteiger partial charge in [-0.1, -0.05) is 13.8 Å². The number of rotatable bonds is 6. The summed E-state index contributed by atoms with van der Waals surface area (Å²) in [6.07, 6.45) is 1.00. The van der Waals surface area contributed by atoms with Crippen LogP contribution in [0.2, 0.25) is 0 Å². The summed E-state index contributed by atoms with van der Waals surface area (Å²) < 4.78 is 60.6. The van der Waals surface area contributed by atoms with Crippen LogP contribution in [0.5, 0.6) is 5.75 Å². The average molecular weight is 438 g/mol. The van der Waals surface area contributed by atoms with E-state index in [1.54, 1.807) is 13.8 Å². The molecule has 0 aliphatic carbocycles. The van der Waals surface area contributed by atoms with Gasteiger partial charge in [0.1, 0.15) is 22.3 Å². The standard InChI is InChI=1S/C21H24F2N2O4S/c1-4-24(5-2)30(27,28)19-12-15(8-9-18(19)29-3)21(26)25-10-6-7-14-11-16(22)13-17(23)20(14)25/h8-9,11-13H,4-7,10H2,1-3H3. The van der Waals surface area contributed by atoms with Gasteiger partial charge in [-0.3, -0.25) is 4.79 Å².